The van der Waals surface area contributed by atoms with E-state index < -0.39 is 0 Å². The van der Waals surface area contributed by atoms with Gasteiger partial charge in [0, 0.05) is 32.5 Å². The lowest BCUT2D eigenvalue weighted by molar-refractivity contribution is -0.189. The first-order valence-electron chi connectivity index (χ1n) is 7.44. The molecule has 5 nitrogen and oxygen atoms in total. The maximum atomic E-state index is 9.72. The first kappa shape index (κ1) is 13.3. The second-order valence-corrected chi connectivity index (χ2v) is 5.84. The molecule has 0 aromatic heterocycles. The third-order valence-electron chi connectivity index (χ3n) is 4.81. The van der Waals surface area contributed by atoms with Crippen LogP contribution in [0.25, 0.3) is 0 Å². The Morgan fingerprint density at radius 2 is 1.74 bits per heavy atom. The predicted octanol–water partition coefficient (Wildman–Crippen LogP) is 0.861. The molecule has 2 saturated heterocycles. The van der Waals surface area contributed by atoms with Crippen molar-refractivity contribution in [3.05, 3.63) is 0 Å². The third kappa shape index (κ3) is 2.50. The SMILES string of the molecule is N#CC1(N2CCCNCC2)CCC2(CC1)OCCO2. The second kappa shape index (κ2) is 5.37. The Kier molecular flexibility index (Phi) is 3.77. The van der Waals surface area contributed by atoms with Gasteiger partial charge in [-0.05, 0) is 25.8 Å². The Labute approximate surface area is 114 Å². The topological polar surface area (TPSA) is 57.5 Å². The molecule has 19 heavy (non-hydrogen) atoms. The summed E-state index contributed by atoms with van der Waals surface area (Å²) in [7, 11) is 0. The fourth-order valence-corrected chi connectivity index (χ4v) is 3.60. The van der Waals surface area contributed by atoms with Crippen LogP contribution in [0.2, 0.25) is 0 Å². The Morgan fingerprint density at radius 3 is 2.42 bits per heavy atom. The average molecular weight is 265 g/mol. The Balaban J connectivity index is 1.69. The minimum Gasteiger partial charge on any atom is -0.348 e. The minimum atomic E-state index is -0.371. The van der Waals surface area contributed by atoms with E-state index in [9.17, 15) is 5.26 Å². The molecule has 0 aromatic rings. The third-order valence-corrected chi connectivity index (χ3v) is 4.81. The molecule has 1 spiro atoms. The molecular weight excluding hydrogens is 242 g/mol. The van der Waals surface area contributed by atoms with Crippen molar-refractivity contribution in [2.45, 2.75) is 43.4 Å². The van der Waals surface area contributed by atoms with Crippen molar-refractivity contribution in [1.29, 1.82) is 5.26 Å². The van der Waals surface area contributed by atoms with E-state index in [4.69, 9.17) is 9.47 Å². The molecular formula is C14H23N3O2. The molecule has 0 bridgehead atoms. The highest BCUT2D eigenvalue weighted by atomic mass is 16.7. The van der Waals surface area contributed by atoms with Gasteiger partial charge < -0.3 is 14.8 Å². The lowest BCUT2D eigenvalue weighted by Gasteiger charge is -2.45. The van der Waals surface area contributed by atoms with E-state index in [1.54, 1.807) is 0 Å². The van der Waals surface area contributed by atoms with Crippen LogP contribution in [0.5, 0.6) is 0 Å². The number of hydrogen-bond donors (Lipinski definition) is 1. The van der Waals surface area contributed by atoms with Gasteiger partial charge in [0.15, 0.2) is 5.79 Å². The van der Waals surface area contributed by atoms with E-state index in [1.807, 2.05) is 0 Å². The van der Waals surface area contributed by atoms with E-state index in [2.05, 4.69) is 16.3 Å². The van der Waals surface area contributed by atoms with Crippen LogP contribution in [-0.2, 0) is 9.47 Å². The van der Waals surface area contributed by atoms with Crippen molar-refractivity contribution in [2.75, 3.05) is 39.4 Å². The second-order valence-electron chi connectivity index (χ2n) is 5.84. The van der Waals surface area contributed by atoms with Crippen molar-refractivity contribution in [2.24, 2.45) is 0 Å². The van der Waals surface area contributed by atoms with Gasteiger partial charge in [-0.3, -0.25) is 4.90 Å². The highest BCUT2D eigenvalue weighted by Gasteiger charge is 2.49. The number of ether oxygens (including phenoxy) is 2. The van der Waals surface area contributed by atoms with Gasteiger partial charge in [-0.25, -0.2) is 0 Å². The van der Waals surface area contributed by atoms with E-state index in [-0.39, 0.29) is 11.3 Å². The summed E-state index contributed by atoms with van der Waals surface area (Å²) in [6, 6.07) is 2.61. The smallest absolute Gasteiger partial charge is 0.168 e. The van der Waals surface area contributed by atoms with E-state index >= 15 is 0 Å². The summed E-state index contributed by atoms with van der Waals surface area (Å²) < 4.78 is 11.5. The summed E-state index contributed by atoms with van der Waals surface area (Å²) in [4.78, 5) is 2.38. The highest BCUT2D eigenvalue weighted by Crippen LogP contribution is 2.42. The van der Waals surface area contributed by atoms with Gasteiger partial charge >= 0.3 is 0 Å². The molecule has 2 aliphatic heterocycles. The molecule has 3 aliphatic rings. The molecule has 2 heterocycles. The molecule has 1 N–H and O–H groups in total. The molecule has 0 aromatic carbocycles. The summed E-state index contributed by atoms with van der Waals surface area (Å²) in [6.45, 7) is 5.45. The molecule has 0 amide bonds. The first-order valence-corrected chi connectivity index (χ1v) is 7.44. The zero-order chi connectivity index (χ0) is 13.2. The quantitative estimate of drug-likeness (QED) is 0.762. The van der Waals surface area contributed by atoms with Gasteiger partial charge in [-0.1, -0.05) is 0 Å². The fraction of sp³-hybridized carbons (Fsp3) is 0.929. The number of hydrogen-bond acceptors (Lipinski definition) is 5. The Hall–Kier alpha value is -0.670. The van der Waals surface area contributed by atoms with Gasteiger partial charge in [0.1, 0.15) is 5.54 Å². The summed E-state index contributed by atoms with van der Waals surface area (Å²) in [5.74, 6) is -0.371. The standard InChI is InChI=1S/C14H23N3O2/c15-12-13(17-8-1-6-16-7-9-17)2-4-14(5-3-13)18-10-11-19-14/h16H,1-11H2. The van der Waals surface area contributed by atoms with Gasteiger partial charge in [-0.2, -0.15) is 5.26 Å². The molecule has 3 rings (SSSR count). The molecule has 0 atom stereocenters. The van der Waals surface area contributed by atoms with Crippen LogP contribution in [0.1, 0.15) is 32.1 Å². The molecule has 0 radical (unpaired) electrons. The van der Waals surface area contributed by atoms with E-state index in [1.165, 1.54) is 0 Å². The lowest BCUT2D eigenvalue weighted by atomic mass is 9.78. The van der Waals surface area contributed by atoms with Crippen molar-refractivity contribution in [3.63, 3.8) is 0 Å². The molecule has 3 fully saturated rings. The van der Waals surface area contributed by atoms with E-state index in [0.717, 1.165) is 58.3 Å². The fourth-order valence-electron chi connectivity index (χ4n) is 3.60. The van der Waals surface area contributed by atoms with Crippen LogP contribution in [0.15, 0.2) is 0 Å². The van der Waals surface area contributed by atoms with Crippen LogP contribution in [-0.4, -0.2) is 55.6 Å². The normalized spacial score (nSPS) is 30.9. The molecule has 1 aliphatic carbocycles. The van der Waals surface area contributed by atoms with Crippen molar-refractivity contribution in [3.8, 4) is 6.07 Å². The van der Waals surface area contributed by atoms with E-state index in [0.29, 0.717) is 13.2 Å². The van der Waals surface area contributed by atoms with Crippen LogP contribution in [0.4, 0.5) is 0 Å². The monoisotopic (exact) mass is 265 g/mol. The van der Waals surface area contributed by atoms with Gasteiger partial charge in [0.2, 0.25) is 0 Å². The molecule has 5 heteroatoms. The Morgan fingerprint density at radius 1 is 1.00 bits per heavy atom. The van der Waals surface area contributed by atoms with Crippen molar-refractivity contribution in [1.82, 2.24) is 10.2 Å². The van der Waals surface area contributed by atoms with Gasteiger partial charge in [-0.15, -0.1) is 0 Å². The number of rotatable bonds is 1. The van der Waals surface area contributed by atoms with Crippen molar-refractivity contribution >= 4 is 0 Å². The van der Waals surface area contributed by atoms with Crippen LogP contribution in [0.3, 0.4) is 0 Å². The number of nitrogens with zero attached hydrogens (tertiary/aromatic N) is 2. The first-order chi connectivity index (χ1) is 9.29. The molecule has 1 saturated carbocycles. The summed E-state index contributed by atoms with van der Waals surface area (Å²) in [5, 5.41) is 13.1. The maximum absolute atomic E-state index is 9.72. The average Bonchev–Trinajstić information content (AvgIpc) is 2.74. The number of nitrogens with one attached hydrogen (secondary N) is 1. The van der Waals surface area contributed by atoms with Crippen LogP contribution < -0.4 is 5.32 Å². The van der Waals surface area contributed by atoms with Gasteiger partial charge in [0.25, 0.3) is 0 Å². The largest absolute Gasteiger partial charge is 0.348 e. The number of nitriles is 1. The summed E-state index contributed by atoms with van der Waals surface area (Å²) in [6.07, 6.45) is 4.56. The van der Waals surface area contributed by atoms with Gasteiger partial charge in [0.05, 0.1) is 19.3 Å². The van der Waals surface area contributed by atoms with Crippen molar-refractivity contribution < 1.29 is 9.47 Å². The predicted molar refractivity (Wildman–Crippen MR) is 70.5 cm³/mol. The maximum Gasteiger partial charge on any atom is 0.168 e. The molecule has 0 unspecified atom stereocenters. The highest BCUT2D eigenvalue weighted by molar-refractivity contribution is 5.12. The zero-order valence-electron chi connectivity index (χ0n) is 11.5. The summed E-state index contributed by atoms with van der Waals surface area (Å²) >= 11 is 0. The minimum absolute atomic E-state index is 0.299. The zero-order valence-corrected chi connectivity index (χ0v) is 11.5. The van der Waals surface area contributed by atoms with Crippen LogP contribution in [0, 0.1) is 11.3 Å². The lowest BCUT2D eigenvalue weighted by Crippen LogP contribution is -2.54. The molecule has 106 valence electrons. The summed E-state index contributed by atoms with van der Waals surface area (Å²) in [5.41, 5.74) is -0.299. The Bertz CT molecular complexity index is 342. The van der Waals surface area contributed by atoms with Crippen LogP contribution >= 0.6 is 0 Å².